The van der Waals surface area contributed by atoms with Crippen molar-refractivity contribution in [3.05, 3.63) is 54.3 Å². The van der Waals surface area contributed by atoms with Crippen LogP contribution in [0.3, 0.4) is 0 Å². The van der Waals surface area contributed by atoms with Gasteiger partial charge in [0, 0.05) is 25.3 Å². The molecular formula is C19H20FN3O4. The third-order valence-electron chi connectivity index (χ3n) is 3.47. The molecule has 0 aromatic heterocycles. The van der Waals surface area contributed by atoms with Crippen LogP contribution >= 0.6 is 0 Å². The van der Waals surface area contributed by atoms with Gasteiger partial charge in [-0.2, -0.15) is 0 Å². The number of rotatable bonds is 7. The van der Waals surface area contributed by atoms with Gasteiger partial charge in [-0.25, -0.2) is 4.39 Å². The van der Waals surface area contributed by atoms with Crippen LogP contribution in [-0.2, 0) is 14.4 Å². The Labute approximate surface area is 156 Å². The lowest BCUT2D eigenvalue weighted by atomic mass is 10.3. The van der Waals surface area contributed by atoms with Gasteiger partial charge in [-0.3, -0.25) is 14.4 Å². The van der Waals surface area contributed by atoms with Crippen molar-refractivity contribution in [1.29, 1.82) is 0 Å². The van der Waals surface area contributed by atoms with Crippen LogP contribution in [0.2, 0.25) is 0 Å². The van der Waals surface area contributed by atoms with Gasteiger partial charge >= 0.3 is 0 Å². The van der Waals surface area contributed by atoms with Gasteiger partial charge in [-0.05, 0) is 48.5 Å². The smallest absolute Gasteiger partial charge is 0.260 e. The van der Waals surface area contributed by atoms with E-state index in [0.717, 1.165) is 0 Å². The molecule has 2 aromatic carbocycles. The number of likely N-dealkylation sites (N-methyl/N-ethyl adjacent to an activating group) is 1. The normalized spacial score (nSPS) is 10.0. The van der Waals surface area contributed by atoms with Crippen LogP contribution in [0.15, 0.2) is 48.5 Å². The number of hydrogen-bond donors (Lipinski definition) is 2. The summed E-state index contributed by atoms with van der Waals surface area (Å²) in [5.41, 5.74) is 1.06. The van der Waals surface area contributed by atoms with E-state index in [1.54, 1.807) is 24.3 Å². The maximum Gasteiger partial charge on any atom is 0.260 e. The standard InChI is InChI=1S/C19H20FN3O4/c1-13(24)21-15-7-9-17(10-8-15)27-12-19(26)23(2)11-18(25)22-16-5-3-14(20)4-6-16/h3-10H,11-12H2,1-2H3,(H,21,24)(H,22,25). The summed E-state index contributed by atoms with van der Waals surface area (Å²) in [5.74, 6) is -0.907. The molecule has 142 valence electrons. The number of nitrogens with zero attached hydrogens (tertiary/aromatic N) is 1. The first-order valence-electron chi connectivity index (χ1n) is 8.13. The third kappa shape index (κ3) is 6.77. The second-order valence-electron chi connectivity index (χ2n) is 5.80. The number of nitrogens with one attached hydrogen (secondary N) is 2. The number of carbonyl (C=O) groups excluding carboxylic acids is 3. The second-order valence-corrected chi connectivity index (χ2v) is 5.80. The summed E-state index contributed by atoms with van der Waals surface area (Å²) in [5, 5.41) is 5.20. The Bertz CT molecular complexity index is 807. The number of ether oxygens (including phenoxy) is 1. The van der Waals surface area contributed by atoms with Crippen molar-refractivity contribution in [3.8, 4) is 5.75 Å². The van der Waals surface area contributed by atoms with Gasteiger partial charge in [0.15, 0.2) is 6.61 Å². The summed E-state index contributed by atoms with van der Waals surface area (Å²) in [6.07, 6.45) is 0. The number of carbonyl (C=O) groups is 3. The molecule has 8 heteroatoms. The second kappa shape index (κ2) is 9.33. The van der Waals surface area contributed by atoms with Crippen LogP contribution in [0.25, 0.3) is 0 Å². The molecule has 0 bridgehead atoms. The van der Waals surface area contributed by atoms with E-state index in [1.165, 1.54) is 43.1 Å². The molecule has 27 heavy (non-hydrogen) atoms. The third-order valence-corrected chi connectivity index (χ3v) is 3.47. The average molecular weight is 373 g/mol. The Hall–Kier alpha value is -3.42. The number of anilines is 2. The molecule has 0 aliphatic rings. The molecule has 0 radical (unpaired) electrons. The maximum absolute atomic E-state index is 12.8. The summed E-state index contributed by atoms with van der Waals surface area (Å²) in [6, 6.07) is 11.9. The van der Waals surface area contributed by atoms with Gasteiger partial charge in [-0.15, -0.1) is 0 Å². The first-order valence-corrected chi connectivity index (χ1v) is 8.13. The predicted octanol–water partition coefficient (Wildman–Crippen LogP) is 2.26. The van der Waals surface area contributed by atoms with E-state index in [0.29, 0.717) is 17.1 Å². The molecule has 2 N–H and O–H groups in total. The quantitative estimate of drug-likeness (QED) is 0.779. The summed E-state index contributed by atoms with van der Waals surface area (Å²) in [6.45, 7) is 1.01. The van der Waals surface area contributed by atoms with Gasteiger partial charge in [-0.1, -0.05) is 0 Å². The van der Waals surface area contributed by atoms with Crippen molar-refractivity contribution in [3.63, 3.8) is 0 Å². The van der Waals surface area contributed by atoms with E-state index in [4.69, 9.17) is 4.74 Å². The zero-order valence-electron chi connectivity index (χ0n) is 15.0. The predicted molar refractivity (Wildman–Crippen MR) is 98.9 cm³/mol. The van der Waals surface area contributed by atoms with E-state index < -0.39 is 11.7 Å². The fourth-order valence-corrected chi connectivity index (χ4v) is 2.13. The lowest BCUT2D eigenvalue weighted by Crippen LogP contribution is -2.37. The summed E-state index contributed by atoms with van der Waals surface area (Å²) in [4.78, 5) is 36.2. The van der Waals surface area contributed by atoms with Crippen molar-refractivity contribution in [2.24, 2.45) is 0 Å². The molecule has 0 saturated carbocycles. The minimum Gasteiger partial charge on any atom is -0.484 e. The molecular weight excluding hydrogens is 353 g/mol. The molecule has 0 aliphatic heterocycles. The highest BCUT2D eigenvalue weighted by Crippen LogP contribution is 2.15. The monoisotopic (exact) mass is 373 g/mol. The van der Waals surface area contributed by atoms with E-state index >= 15 is 0 Å². The summed E-state index contributed by atoms with van der Waals surface area (Å²) < 4.78 is 18.2. The van der Waals surface area contributed by atoms with Crippen LogP contribution in [-0.4, -0.2) is 42.8 Å². The maximum atomic E-state index is 12.8. The summed E-state index contributed by atoms with van der Waals surface area (Å²) >= 11 is 0. The Morgan fingerprint density at radius 1 is 0.963 bits per heavy atom. The van der Waals surface area contributed by atoms with Crippen LogP contribution in [0.4, 0.5) is 15.8 Å². The number of hydrogen-bond acceptors (Lipinski definition) is 4. The minimum atomic E-state index is -0.405. The topological polar surface area (TPSA) is 87.7 Å². The van der Waals surface area contributed by atoms with Crippen molar-refractivity contribution in [1.82, 2.24) is 4.90 Å². The zero-order chi connectivity index (χ0) is 19.8. The molecule has 2 rings (SSSR count). The Balaban J connectivity index is 1.78. The molecule has 0 heterocycles. The van der Waals surface area contributed by atoms with Crippen LogP contribution in [0.5, 0.6) is 5.75 Å². The lowest BCUT2D eigenvalue weighted by Gasteiger charge is -2.17. The SMILES string of the molecule is CC(=O)Nc1ccc(OCC(=O)N(C)CC(=O)Nc2ccc(F)cc2)cc1. The highest BCUT2D eigenvalue weighted by Gasteiger charge is 2.14. The molecule has 0 atom stereocenters. The fraction of sp³-hybridized carbons (Fsp3) is 0.211. The molecule has 3 amide bonds. The molecule has 2 aromatic rings. The first kappa shape index (κ1) is 19.9. The lowest BCUT2D eigenvalue weighted by molar-refractivity contribution is -0.135. The van der Waals surface area contributed by atoms with Crippen LogP contribution in [0, 0.1) is 5.82 Å². The van der Waals surface area contributed by atoms with Crippen molar-refractivity contribution in [2.75, 3.05) is 30.8 Å². The van der Waals surface area contributed by atoms with Crippen molar-refractivity contribution >= 4 is 29.1 Å². The van der Waals surface area contributed by atoms with E-state index in [2.05, 4.69) is 10.6 Å². The van der Waals surface area contributed by atoms with Crippen LogP contribution < -0.4 is 15.4 Å². The molecule has 0 unspecified atom stereocenters. The van der Waals surface area contributed by atoms with E-state index in [9.17, 15) is 18.8 Å². The molecule has 0 aliphatic carbocycles. The van der Waals surface area contributed by atoms with Crippen molar-refractivity contribution < 1.29 is 23.5 Å². The number of halogens is 1. The number of amides is 3. The van der Waals surface area contributed by atoms with Gasteiger partial charge in [0.05, 0.1) is 6.54 Å². The zero-order valence-corrected chi connectivity index (χ0v) is 15.0. The minimum absolute atomic E-state index is 0.166. The fourth-order valence-electron chi connectivity index (χ4n) is 2.13. The van der Waals surface area contributed by atoms with E-state index in [1.807, 2.05) is 0 Å². The molecule has 7 nitrogen and oxygen atoms in total. The molecule has 0 fully saturated rings. The van der Waals surface area contributed by atoms with Crippen LogP contribution in [0.1, 0.15) is 6.92 Å². The largest absolute Gasteiger partial charge is 0.484 e. The Morgan fingerprint density at radius 3 is 2.11 bits per heavy atom. The highest BCUT2D eigenvalue weighted by molar-refractivity contribution is 5.94. The van der Waals surface area contributed by atoms with Gasteiger partial charge in [0.2, 0.25) is 11.8 Å². The molecule has 0 spiro atoms. The summed E-state index contributed by atoms with van der Waals surface area (Å²) in [7, 11) is 1.48. The van der Waals surface area contributed by atoms with Crippen molar-refractivity contribution in [2.45, 2.75) is 6.92 Å². The van der Waals surface area contributed by atoms with E-state index in [-0.39, 0.29) is 25.0 Å². The Morgan fingerprint density at radius 2 is 1.52 bits per heavy atom. The first-order chi connectivity index (χ1) is 12.8. The Kier molecular flexibility index (Phi) is 6.87. The average Bonchev–Trinajstić information content (AvgIpc) is 2.62. The number of benzene rings is 2. The van der Waals surface area contributed by atoms with Gasteiger partial charge in [0.25, 0.3) is 5.91 Å². The molecule has 0 saturated heterocycles. The highest BCUT2D eigenvalue weighted by atomic mass is 19.1. The van der Waals surface area contributed by atoms with Gasteiger partial charge < -0.3 is 20.3 Å². The van der Waals surface area contributed by atoms with Gasteiger partial charge in [0.1, 0.15) is 11.6 Å².